The number of amides is 1. The van der Waals surface area contributed by atoms with E-state index in [9.17, 15) is 4.79 Å². The van der Waals surface area contributed by atoms with E-state index in [0.29, 0.717) is 18.9 Å². The number of carbonyl (C=O) groups is 1. The molecule has 3 heteroatoms. The molecule has 1 aromatic carbocycles. The zero-order valence-electron chi connectivity index (χ0n) is 10.9. The van der Waals surface area contributed by atoms with E-state index in [4.69, 9.17) is 5.73 Å². The predicted molar refractivity (Wildman–Crippen MR) is 72.1 cm³/mol. The average Bonchev–Trinajstić information content (AvgIpc) is 2.28. The maximum absolute atomic E-state index is 11.7. The number of benzene rings is 1. The smallest absolute Gasteiger partial charge is 0.227 e. The highest BCUT2D eigenvalue weighted by Gasteiger charge is 2.09. The zero-order valence-corrected chi connectivity index (χ0v) is 10.9. The van der Waals surface area contributed by atoms with Gasteiger partial charge in [0, 0.05) is 25.7 Å². The predicted octanol–water partition coefficient (Wildman–Crippen LogP) is 2.20. The van der Waals surface area contributed by atoms with Crippen molar-refractivity contribution in [2.24, 2.45) is 11.7 Å². The van der Waals surface area contributed by atoms with Crippen LogP contribution in [0, 0.1) is 5.92 Å². The van der Waals surface area contributed by atoms with Crippen LogP contribution in [0.5, 0.6) is 0 Å². The van der Waals surface area contributed by atoms with Gasteiger partial charge in [-0.1, -0.05) is 26.0 Å². The van der Waals surface area contributed by atoms with Gasteiger partial charge in [-0.15, -0.1) is 0 Å². The van der Waals surface area contributed by atoms with Crippen molar-refractivity contribution in [2.45, 2.75) is 26.7 Å². The van der Waals surface area contributed by atoms with Crippen LogP contribution in [-0.2, 0) is 11.2 Å². The molecule has 0 saturated carbocycles. The first-order valence-electron chi connectivity index (χ1n) is 6.10. The summed E-state index contributed by atoms with van der Waals surface area (Å²) >= 11 is 0. The van der Waals surface area contributed by atoms with Crippen molar-refractivity contribution in [2.75, 3.05) is 18.5 Å². The molecule has 1 amide bonds. The highest BCUT2D eigenvalue weighted by Crippen LogP contribution is 2.16. The second-order valence-corrected chi connectivity index (χ2v) is 4.76. The molecule has 0 aliphatic carbocycles. The van der Waals surface area contributed by atoms with Gasteiger partial charge in [-0.2, -0.15) is 0 Å². The molecule has 17 heavy (non-hydrogen) atoms. The number of nitrogens with zero attached hydrogens (tertiary/aromatic N) is 1. The summed E-state index contributed by atoms with van der Waals surface area (Å²) in [5.41, 5.74) is 7.61. The molecular weight excluding hydrogens is 212 g/mol. The topological polar surface area (TPSA) is 46.3 Å². The largest absolute Gasteiger partial charge is 0.330 e. The minimum atomic E-state index is 0.0594. The molecule has 0 atom stereocenters. The van der Waals surface area contributed by atoms with Crippen LogP contribution < -0.4 is 10.6 Å². The van der Waals surface area contributed by atoms with Crippen molar-refractivity contribution < 1.29 is 4.79 Å². The SMILES string of the molecule is CC(C)Cc1ccc(N(C)C(=O)CCN)cc1. The molecule has 94 valence electrons. The number of anilines is 1. The van der Waals surface area contributed by atoms with Gasteiger partial charge < -0.3 is 10.6 Å². The number of carbonyl (C=O) groups excluding carboxylic acids is 1. The third-order valence-electron chi connectivity index (χ3n) is 2.70. The lowest BCUT2D eigenvalue weighted by Crippen LogP contribution is -2.28. The van der Waals surface area contributed by atoms with Crippen LogP contribution in [-0.4, -0.2) is 19.5 Å². The van der Waals surface area contributed by atoms with Gasteiger partial charge in [-0.05, 0) is 30.0 Å². The number of nitrogens with two attached hydrogens (primary N) is 1. The van der Waals surface area contributed by atoms with E-state index < -0.39 is 0 Å². The fourth-order valence-corrected chi connectivity index (χ4v) is 1.76. The average molecular weight is 234 g/mol. The Hall–Kier alpha value is -1.35. The van der Waals surface area contributed by atoms with Gasteiger partial charge in [-0.3, -0.25) is 4.79 Å². The van der Waals surface area contributed by atoms with Gasteiger partial charge in [-0.25, -0.2) is 0 Å². The number of hydrogen-bond donors (Lipinski definition) is 1. The van der Waals surface area contributed by atoms with E-state index in [0.717, 1.165) is 12.1 Å². The summed E-state index contributed by atoms with van der Waals surface area (Å²) in [6.45, 7) is 4.80. The number of rotatable bonds is 5. The Morgan fingerprint density at radius 1 is 1.29 bits per heavy atom. The van der Waals surface area contributed by atoms with Crippen LogP contribution in [0.25, 0.3) is 0 Å². The Morgan fingerprint density at radius 2 is 1.88 bits per heavy atom. The van der Waals surface area contributed by atoms with Crippen LogP contribution >= 0.6 is 0 Å². The molecular formula is C14H22N2O. The molecule has 0 radical (unpaired) electrons. The van der Waals surface area contributed by atoms with E-state index >= 15 is 0 Å². The Morgan fingerprint density at radius 3 is 2.35 bits per heavy atom. The fourth-order valence-electron chi connectivity index (χ4n) is 1.76. The standard InChI is InChI=1S/C14H22N2O/c1-11(2)10-12-4-6-13(7-5-12)16(3)14(17)8-9-15/h4-7,11H,8-10,15H2,1-3H3. The minimum Gasteiger partial charge on any atom is -0.330 e. The zero-order chi connectivity index (χ0) is 12.8. The van der Waals surface area contributed by atoms with E-state index in [1.54, 1.807) is 11.9 Å². The third kappa shape index (κ3) is 4.19. The first-order chi connectivity index (χ1) is 8.04. The summed E-state index contributed by atoms with van der Waals surface area (Å²) in [6.07, 6.45) is 1.46. The Bertz CT molecular complexity index is 357. The molecule has 0 heterocycles. The lowest BCUT2D eigenvalue weighted by Gasteiger charge is -2.17. The van der Waals surface area contributed by atoms with Crippen LogP contribution in [0.15, 0.2) is 24.3 Å². The van der Waals surface area contributed by atoms with Crippen molar-refractivity contribution in [3.8, 4) is 0 Å². The van der Waals surface area contributed by atoms with E-state index in [1.165, 1.54) is 5.56 Å². The molecule has 0 aliphatic heterocycles. The Labute approximate surface area is 104 Å². The highest BCUT2D eigenvalue weighted by atomic mass is 16.2. The van der Waals surface area contributed by atoms with Crippen LogP contribution in [0.2, 0.25) is 0 Å². The molecule has 0 saturated heterocycles. The maximum Gasteiger partial charge on any atom is 0.227 e. The molecule has 0 bridgehead atoms. The molecule has 2 N–H and O–H groups in total. The Balaban J connectivity index is 2.70. The molecule has 0 spiro atoms. The van der Waals surface area contributed by atoms with Crippen LogP contribution in [0.1, 0.15) is 25.8 Å². The summed E-state index contributed by atoms with van der Waals surface area (Å²) in [5, 5.41) is 0. The minimum absolute atomic E-state index is 0.0594. The lowest BCUT2D eigenvalue weighted by atomic mass is 10.0. The first-order valence-corrected chi connectivity index (χ1v) is 6.10. The third-order valence-corrected chi connectivity index (χ3v) is 2.70. The summed E-state index contributed by atoms with van der Waals surface area (Å²) in [4.78, 5) is 13.3. The molecule has 1 aromatic rings. The molecule has 3 nitrogen and oxygen atoms in total. The van der Waals surface area contributed by atoms with Crippen LogP contribution in [0.4, 0.5) is 5.69 Å². The maximum atomic E-state index is 11.7. The normalized spacial score (nSPS) is 10.6. The number of hydrogen-bond acceptors (Lipinski definition) is 2. The fraction of sp³-hybridized carbons (Fsp3) is 0.500. The van der Waals surface area contributed by atoms with Gasteiger partial charge in [0.1, 0.15) is 0 Å². The van der Waals surface area contributed by atoms with Gasteiger partial charge in [0.25, 0.3) is 0 Å². The van der Waals surface area contributed by atoms with Crippen molar-refractivity contribution >= 4 is 11.6 Å². The molecule has 0 aliphatic rings. The van der Waals surface area contributed by atoms with E-state index in [-0.39, 0.29) is 5.91 Å². The van der Waals surface area contributed by atoms with Gasteiger partial charge in [0.2, 0.25) is 5.91 Å². The van der Waals surface area contributed by atoms with Crippen molar-refractivity contribution in [1.82, 2.24) is 0 Å². The van der Waals surface area contributed by atoms with Gasteiger partial charge in [0.05, 0.1) is 0 Å². The van der Waals surface area contributed by atoms with Crippen molar-refractivity contribution in [3.63, 3.8) is 0 Å². The lowest BCUT2D eigenvalue weighted by molar-refractivity contribution is -0.118. The second-order valence-electron chi connectivity index (χ2n) is 4.76. The second kappa shape index (κ2) is 6.40. The first kappa shape index (κ1) is 13.7. The highest BCUT2D eigenvalue weighted by molar-refractivity contribution is 5.92. The summed E-state index contributed by atoms with van der Waals surface area (Å²) in [7, 11) is 1.79. The monoisotopic (exact) mass is 234 g/mol. The summed E-state index contributed by atoms with van der Waals surface area (Å²) in [6, 6.07) is 8.15. The van der Waals surface area contributed by atoms with Crippen LogP contribution in [0.3, 0.4) is 0 Å². The quantitative estimate of drug-likeness (QED) is 0.849. The van der Waals surface area contributed by atoms with Gasteiger partial charge >= 0.3 is 0 Å². The summed E-state index contributed by atoms with van der Waals surface area (Å²) in [5.74, 6) is 0.710. The molecule has 0 fully saturated rings. The molecule has 0 aromatic heterocycles. The van der Waals surface area contributed by atoms with E-state index in [2.05, 4.69) is 26.0 Å². The molecule has 0 unspecified atom stereocenters. The Kier molecular flexibility index (Phi) is 5.16. The van der Waals surface area contributed by atoms with Gasteiger partial charge in [0.15, 0.2) is 0 Å². The van der Waals surface area contributed by atoms with Crippen molar-refractivity contribution in [3.05, 3.63) is 29.8 Å². The summed E-state index contributed by atoms with van der Waals surface area (Å²) < 4.78 is 0. The van der Waals surface area contributed by atoms with E-state index in [1.807, 2.05) is 12.1 Å². The van der Waals surface area contributed by atoms with Crippen molar-refractivity contribution in [1.29, 1.82) is 0 Å². The molecule has 1 rings (SSSR count).